The van der Waals surface area contributed by atoms with Crippen LogP contribution >= 0.6 is 11.6 Å². The summed E-state index contributed by atoms with van der Waals surface area (Å²) in [4.78, 5) is 12.9. The maximum Gasteiger partial charge on any atom is 0.341 e. The second-order valence-corrected chi connectivity index (χ2v) is 8.10. The zero-order chi connectivity index (χ0) is 19.2. The molecular weight excluding hydrogens is 388 g/mol. The van der Waals surface area contributed by atoms with Gasteiger partial charge in [0.25, 0.3) is 0 Å². The minimum atomic E-state index is -1.02. The van der Waals surface area contributed by atoms with Crippen LogP contribution in [0.25, 0.3) is 0 Å². The molecular formula is C19H22ClN2O4S+. The monoisotopic (exact) mass is 409 g/mol. The normalized spacial score (nSPS) is 16.1. The van der Waals surface area contributed by atoms with Crippen molar-refractivity contribution in [2.75, 3.05) is 37.7 Å². The summed E-state index contributed by atoms with van der Waals surface area (Å²) in [5.41, 5.74) is 1.90. The first kappa shape index (κ1) is 19.8. The van der Waals surface area contributed by atoms with Gasteiger partial charge < -0.3 is 14.7 Å². The van der Waals surface area contributed by atoms with Gasteiger partial charge in [-0.2, -0.15) is 4.55 Å². The van der Waals surface area contributed by atoms with Crippen LogP contribution in [0.1, 0.15) is 5.56 Å². The first-order valence-electron chi connectivity index (χ1n) is 8.61. The highest BCUT2D eigenvalue weighted by Gasteiger charge is 2.32. The zero-order valence-electron chi connectivity index (χ0n) is 14.8. The van der Waals surface area contributed by atoms with E-state index in [0.717, 1.165) is 11.3 Å². The Labute approximate surface area is 166 Å². The summed E-state index contributed by atoms with van der Waals surface area (Å²) in [5, 5.41) is 9.42. The molecule has 6 nitrogen and oxygen atoms in total. The number of benzene rings is 2. The molecule has 8 heteroatoms. The van der Waals surface area contributed by atoms with Gasteiger partial charge in [-0.1, -0.05) is 46.2 Å². The number of nitrogens with zero attached hydrogens (tertiary/aromatic N) is 2. The number of rotatable bonds is 7. The maximum absolute atomic E-state index is 10.8. The first-order chi connectivity index (χ1) is 13.0. The van der Waals surface area contributed by atoms with E-state index in [0.29, 0.717) is 42.7 Å². The summed E-state index contributed by atoms with van der Waals surface area (Å²) >= 11 is 5.29. The Kier molecular flexibility index (Phi) is 6.84. The topological polar surface area (TPSA) is 73.2 Å². The number of anilines is 1. The van der Waals surface area contributed by atoms with E-state index < -0.39 is 23.9 Å². The van der Waals surface area contributed by atoms with Crippen molar-refractivity contribution in [1.29, 1.82) is 0 Å². The predicted molar refractivity (Wildman–Crippen MR) is 109 cm³/mol. The lowest BCUT2D eigenvalue weighted by atomic mass is 10.2. The smallest absolute Gasteiger partial charge is 0.341 e. The van der Waals surface area contributed by atoms with E-state index in [4.69, 9.17) is 21.4 Å². The van der Waals surface area contributed by atoms with E-state index in [2.05, 4.69) is 9.21 Å². The lowest BCUT2D eigenvalue weighted by Gasteiger charge is -2.33. The second kappa shape index (κ2) is 9.32. The molecule has 144 valence electrons. The highest BCUT2D eigenvalue weighted by atomic mass is 35.5. The fraction of sp³-hybridized carbons (Fsp3) is 0.316. The molecule has 27 heavy (non-hydrogen) atoms. The zero-order valence-corrected chi connectivity index (χ0v) is 16.3. The molecule has 1 heterocycles. The Morgan fingerprint density at radius 3 is 2.48 bits per heavy atom. The van der Waals surface area contributed by atoms with Gasteiger partial charge in [0.05, 0.1) is 18.8 Å². The van der Waals surface area contributed by atoms with Gasteiger partial charge in [-0.05, 0) is 18.2 Å². The van der Waals surface area contributed by atoms with Crippen molar-refractivity contribution in [3.63, 3.8) is 0 Å². The van der Waals surface area contributed by atoms with Crippen LogP contribution in [0, 0.1) is 0 Å². The van der Waals surface area contributed by atoms with E-state index in [1.165, 1.54) is 0 Å². The van der Waals surface area contributed by atoms with Crippen LogP contribution in [-0.4, -0.2) is 52.7 Å². The van der Waals surface area contributed by atoms with Crippen molar-refractivity contribution in [3.8, 4) is 5.75 Å². The summed E-state index contributed by atoms with van der Waals surface area (Å²) in [6.07, 6.45) is 0. The highest BCUT2D eigenvalue weighted by molar-refractivity contribution is 7.88. The fourth-order valence-corrected chi connectivity index (χ4v) is 4.38. The third kappa shape index (κ3) is 5.52. The van der Waals surface area contributed by atoms with Crippen LogP contribution in [0.5, 0.6) is 5.75 Å². The Balaban J connectivity index is 1.61. The Morgan fingerprint density at radius 1 is 1.11 bits per heavy atom. The van der Waals surface area contributed by atoms with E-state index in [-0.39, 0.29) is 0 Å². The number of halogens is 1. The predicted octanol–water partition coefficient (Wildman–Crippen LogP) is 3.13. The van der Waals surface area contributed by atoms with Crippen LogP contribution < -0.4 is 9.64 Å². The molecule has 0 aliphatic carbocycles. The summed E-state index contributed by atoms with van der Waals surface area (Å²) in [7, 11) is 0. The molecule has 1 atom stereocenters. The summed E-state index contributed by atoms with van der Waals surface area (Å²) < 4.78 is 18.0. The van der Waals surface area contributed by atoms with Crippen molar-refractivity contribution in [3.05, 3.63) is 59.1 Å². The van der Waals surface area contributed by atoms with Gasteiger partial charge in [-0.3, -0.25) is 0 Å². The maximum atomic E-state index is 10.8. The quantitative estimate of drug-likeness (QED) is 0.684. The Bertz CT molecular complexity index is 770. The number of hydrogen-bond acceptors (Lipinski definition) is 5. The van der Waals surface area contributed by atoms with Crippen LogP contribution in [0.2, 0.25) is 5.02 Å². The van der Waals surface area contributed by atoms with Crippen LogP contribution in [0.3, 0.4) is 0 Å². The minimum absolute atomic E-state index is 0.397. The van der Waals surface area contributed by atoms with Gasteiger partial charge in [-0.25, -0.2) is 4.79 Å². The van der Waals surface area contributed by atoms with E-state index in [1.807, 2.05) is 30.3 Å². The van der Waals surface area contributed by atoms with E-state index in [1.54, 1.807) is 18.2 Å². The summed E-state index contributed by atoms with van der Waals surface area (Å²) in [6.45, 7) is 2.41. The average molecular weight is 410 g/mol. The van der Waals surface area contributed by atoms with Gasteiger partial charge >= 0.3 is 5.97 Å². The fourth-order valence-electron chi connectivity index (χ4n) is 2.95. The number of carboxylic acid groups (broad SMARTS) is 1. The van der Waals surface area contributed by atoms with Crippen molar-refractivity contribution >= 4 is 34.6 Å². The molecule has 0 saturated carbocycles. The molecule has 1 aliphatic rings. The lowest BCUT2D eigenvalue weighted by Crippen LogP contribution is -2.49. The van der Waals surface area contributed by atoms with Gasteiger partial charge in [0.2, 0.25) is 11.4 Å². The van der Waals surface area contributed by atoms with Crippen LogP contribution in [0.4, 0.5) is 5.69 Å². The Morgan fingerprint density at radius 2 is 1.81 bits per heavy atom. The third-order valence-electron chi connectivity index (χ3n) is 4.29. The summed E-state index contributed by atoms with van der Waals surface area (Å²) in [6, 6.07) is 15.1. The average Bonchev–Trinajstić information content (AvgIpc) is 2.68. The minimum Gasteiger partial charge on any atom is -0.480 e. The SMILES string of the molecule is O=C(O)COc1ccc(Cl)cc1N1CCN([S+](O)Cc2ccccc2)CC1. The molecule has 2 aromatic rings. The summed E-state index contributed by atoms with van der Waals surface area (Å²) in [5.74, 6) is 0.0961. The van der Waals surface area contributed by atoms with Crippen molar-refractivity contribution in [2.45, 2.75) is 5.75 Å². The van der Waals surface area contributed by atoms with Crippen molar-refractivity contribution in [1.82, 2.24) is 4.31 Å². The van der Waals surface area contributed by atoms with Gasteiger partial charge in [-0.15, -0.1) is 0 Å². The standard InChI is InChI=1S/C19H21ClN2O4S/c20-16-6-7-18(26-13-19(23)24)17(12-16)21-8-10-22(11-9-21)27(25)14-15-4-2-1-3-5-15/h1-7,12,25H,8-11,13-14H2/p+1. The van der Waals surface area contributed by atoms with Crippen LogP contribution in [0.15, 0.2) is 48.5 Å². The van der Waals surface area contributed by atoms with Crippen LogP contribution in [-0.2, 0) is 21.9 Å². The molecule has 0 bridgehead atoms. The molecule has 0 spiro atoms. The number of piperazine rings is 1. The molecule has 2 N–H and O–H groups in total. The number of carboxylic acids is 1. The lowest BCUT2D eigenvalue weighted by molar-refractivity contribution is -0.139. The molecule has 0 aromatic heterocycles. The molecule has 1 unspecified atom stereocenters. The molecule has 1 aliphatic heterocycles. The van der Waals surface area contributed by atoms with Crippen molar-refractivity contribution < 1.29 is 19.2 Å². The number of hydrogen-bond donors (Lipinski definition) is 2. The molecule has 0 amide bonds. The Hall–Kier alpha value is -1.93. The number of aliphatic carboxylic acids is 1. The van der Waals surface area contributed by atoms with Gasteiger partial charge in [0.1, 0.15) is 5.75 Å². The molecule has 3 rings (SSSR count). The van der Waals surface area contributed by atoms with Gasteiger partial charge in [0, 0.05) is 23.7 Å². The highest BCUT2D eigenvalue weighted by Crippen LogP contribution is 2.32. The molecule has 2 aromatic carbocycles. The van der Waals surface area contributed by atoms with E-state index in [9.17, 15) is 9.35 Å². The number of ether oxygens (including phenoxy) is 1. The molecule has 0 radical (unpaired) electrons. The first-order valence-corrected chi connectivity index (χ1v) is 10.3. The largest absolute Gasteiger partial charge is 0.480 e. The number of carbonyl (C=O) groups is 1. The van der Waals surface area contributed by atoms with Crippen molar-refractivity contribution in [2.24, 2.45) is 0 Å². The third-order valence-corrected chi connectivity index (χ3v) is 6.08. The second-order valence-electron chi connectivity index (χ2n) is 6.18. The molecule has 1 fully saturated rings. The van der Waals surface area contributed by atoms with E-state index >= 15 is 0 Å². The van der Waals surface area contributed by atoms with Gasteiger partial charge in [0.15, 0.2) is 12.4 Å². The molecule has 1 saturated heterocycles.